The van der Waals surface area contributed by atoms with Crippen molar-refractivity contribution < 1.29 is 67.9 Å². The second-order valence-electron chi connectivity index (χ2n) is 13.6. The Labute approximate surface area is 325 Å². The Bertz CT molecular complexity index is 1860. The number of carboxylic acids is 3. The van der Waals surface area contributed by atoms with E-state index in [4.69, 9.17) is 9.47 Å². The fraction of sp³-hybridized carbons (Fsp3) is 0.432. The molecule has 6 amide bonds. The molecule has 5 unspecified atom stereocenters. The maximum absolute atomic E-state index is 13.5. The Morgan fingerprint density at radius 1 is 0.807 bits per heavy atom. The zero-order valence-electron chi connectivity index (χ0n) is 31.0. The van der Waals surface area contributed by atoms with E-state index >= 15 is 0 Å². The molecule has 2 aliphatic rings. The molecule has 20 heteroatoms. The quantitative estimate of drug-likeness (QED) is 0.0769. The molecular weight excluding hydrogens is 752 g/mol. The maximum atomic E-state index is 13.5. The number of benzene rings is 2. The standard InChI is InChI=1S/C37H44N6O14/c1-20(2)29(34(52)41-43(18-28(48)49)36(54)31-30(57-31)35(53)42-16-8-12-22-11-6-7-13-25(22)42)40-32(50)23(14-15-26(44)45)38-33(51)24(17-27(46)47)39-37(55)56-19-21-9-4-3-5-10-21/h3-7,9-11,13,20,23-24,29-31H,8,12,14-19H2,1-2H3,(H,38,51)(H,39,55)(H,40,50)(H,41,52)(H,44,45)(H,46,47)(H,48,49). The lowest BCUT2D eigenvalue weighted by atomic mass is 10.0. The van der Waals surface area contributed by atoms with Crippen LogP contribution in [-0.4, -0.2) is 117 Å². The molecular formula is C37H44N6O14. The van der Waals surface area contributed by atoms with Crippen molar-refractivity contribution in [3.8, 4) is 0 Å². The summed E-state index contributed by atoms with van der Waals surface area (Å²) in [6.45, 7) is 2.07. The molecule has 2 aliphatic heterocycles. The summed E-state index contributed by atoms with van der Waals surface area (Å²) in [5.41, 5.74) is 4.35. The number of nitrogens with zero attached hydrogens (tertiary/aromatic N) is 2. The third-order valence-electron chi connectivity index (χ3n) is 8.89. The molecule has 0 aromatic heterocycles. The Kier molecular flexibility index (Phi) is 15.0. The number of hydrogen-bond acceptors (Lipinski definition) is 11. The number of hydrogen-bond donors (Lipinski definition) is 7. The summed E-state index contributed by atoms with van der Waals surface area (Å²) in [6.07, 6.45) is -4.57. The van der Waals surface area contributed by atoms with Gasteiger partial charge in [0.05, 0.1) is 6.42 Å². The highest BCUT2D eigenvalue weighted by molar-refractivity contribution is 6.04. The lowest BCUT2D eigenvalue weighted by Crippen LogP contribution is -2.60. The number of amides is 6. The largest absolute Gasteiger partial charge is 0.481 e. The van der Waals surface area contributed by atoms with Gasteiger partial charge in [0.1, 0.15) is 31.3 Å². The van der Waals surface area contributed by atoms with E-state index in [9.17, 15) is 58.5 Å². The lowest BCUT2D eigenvalue weighted by Gasteiger charge is -2.29. The molecule has 1 fully saturated rings. The fourth-order valence-corrected chi connectivity index (χ4v) is 5.96. The van der Waals surface area contributed by atoms with Gasteiger partial charge in [-0.1, -0.05) is 62.4 Å². The van der Waals surface area contributed by atoms with E-state index in [0.717, 1.165) is 12.0 Å². The van der Waals surface area contributed by atoms with E-state index in [1.807, 2.05) is 12.1 Å². The number of carbonyl (C=O) groups is 9. The number of rotatable bonds is 18. The third-order valence-corrected chi connectivity index (χ3v) is 8.89. The number of carbonyl (C=O) groups excluding carboxylic acids is 6. The lowest BCUT2D eigenvalue weighted by molar-refractivity contribution is -0.151. The minimum atomic E-state index is -1.78. The molecule has 7 N–H and O–H groups in total. The Morgan fingerprint density at radius 3 is 2.12 bits per heavy atom. The monoisotopic (exact) mass is 796 g/mol. The van der Waals surface area contributed by atoms with Gasteiger partial charge >= 0.3 is 24.0 Å². The molecule has 20 nitrogen and oxygen atoms in total. The summed E-state index contributed by atoms with van der Waals surface area (Å²) in [7, 11) is 0. The Hall–Kier alpha value is -6.57. The molecule has 306 valence electrons. The highest BCUT2D eigenvalue weighted by Gasteiger charge is 2.54. The van der Waals surface area contributed by atoms with Crippen LogP contribution >= 0.6 is 0 Å². The van der Waals surface area contributed by atoms with Crippen LogP contribution in [0.4, 0.5) is 10.5 Å². The van der Waals surface area contributed by atoms with Crippen LogP contribution in [0.3, 0.4) is 0 Å². The number of aliphatic carboxylic acids is 3. The van der Waals surface area contributed by atoms with Crippen molar-refractivity contribution in [1.82, 2.24) is 26.4 Å². The van der Waals surface area contributed by atoms with Gasteiger partial charge in [0, 0.05) is 18.7 Å². The van der Waals surface area contributed by atoms with Crippen LogP contribution in [0.25, 0.3) is 0 Å². The molecule has 0 aliphatic carbocycles. The van der Waals surface area contributed by atoms with Gasteiger partial charge in [-0.3, -0.25) is 43.8 Å². The number of alkyl carbamates (subject to hydrolysis) is 1. The molecule has 0 spiro atoms. The number of carboxylic acid groups (broad SMARTS) is 3. The number of para-hydroxylation sites is 1. The van der Waals surface area contributed by atoms with Gasteiger partial charge in [-0.2, -0.15) is 0 Å². The SMILES string of the molecule is CC(C)C(NC(=O)C(CCC(=O)O)NC(=O)C(CC(=O)O)NC(=O)OCc1ccccc1)C(=O)NN(CC(=O)O)C(=O)C1OC1C(=O)N1CCCc2ccccc21. The van der Waals surface area contributed by atoms with Crippen molar-refractivity contribution in [3.05, 3.63) is 65.7 Å². The normalized spacial score (nSPS) is 17.1. The number of hydrazine groups is 1. The number of ether oxygens (including phenoxy) is 2. The van der Waals surface area contributed by atoms with Gasteiger partial charge in [-0.25, -0.2) is 9.80 Å². The zero-order chi connectivity index (χ0) is 41.8. The number of anilines is 1. The van der Waals surface area contributed by atoms with Crippen LogP contribution in [0.1, 0.15) is 50.7 Å². The van der Waals surface area contributed by atoms with E-state index in [1.165, 1.54) is 18.7 Å². The van der Waals surface area contributed by atoms with Gasteiger partial charge < -0.3 is 45.6 Å². The van der Waals surface area contributed by atoms with E-state index < -0.39 is 116 Å². The first-order chi connectivity index (χ1) is 27.0. The van der Waals surface area contributed by atoms with Crippen molar-refractivity contribution >= 4 is 59.2 Å². The molecule has 1 saturated heterocycles. The molecule has 57 heavy (non-hydrogen) atoms. The van der Waals surface area contributed by atoms with E-state index in [0.29, 0.717) is 29.2 Å². The Balaban J connectivity index is 1.43. The smallest absolute Gasteiger partial charge is 0.408 e. The van der Waals surface area contributed by atoms with Crippen molar-refractivity contribution in [2.75, 3.05) is 18.0 Å². The van der Waals surface area contributed by atoms with Crippen molar-refractivity contribution in [2.24, 2.45) is 5.92 Å². The summed E-state index contributed by atoms with van der Waals surface area (Å²) in [4.78, 5) is 116. The average Bonchev–Trinajstić information content (AvgIpc) is 3.97. The minimum absolute atomic E-state index is 0.216. The van der Waals surface area contributed by atoms with Gasteiger partial charge in [-0.15, -0.1) is 0 Å². The number of fused-ring (bicyclic) bond motifs is 1. The van der Waals surface area contributed by atoms with Crippen LogP contribution in [0.2, 0.25) is 0 Å². The number of nitrogens with one attached hydrogen (secondary N) is 4. The molecule has 2 heterocycles. The molecule has 2 aromatic rings. The second kappa shape index (κ2) is 19.8. The highest BCUT2D eigenvalue weighted by atomic mass is 16.6. The summed E-state index contributed by atoms with van der Waals surface area (Å²) < 4.78 is 10.4. The van der Waals surface area contributed by atoms with Crippen LogP contribution in [-0.2, 0) is 60.9 Å². The summed E-state index contributed by atoms with van der Waals surface area (Å²) in [5, 5.41) is 35.4. The van der Waals surface area contributed by atoms with Crippen LogP contribution < -0.4 is 26.3 Å². The van der Waals surface area contributed by atoms with Crippen molar-refractivity contribution in [2.45, 2.75) is 82.9 Å². The molecule has 4 rings (SSSR count). The molecule has 0 radical (unpaired) electrons. The molecule has 0 saturated carbocycles. The maximum Gasteiger partial charge on any atom is 0.408 e. The van der Waals surface area contributed by atoms with E-state index in [-0.39, 0.29) is 6.61 Å². The first-order valence-corrected chi connectivity index (χ1v) is 18.0. The predicted octanol–water partition coefficient (Wildman–Crippen LogP) is -0.0623. The number of epoxide rings is 1. The summed E-state index contributed by atoms with van der Waals surface area (Å²) in [6, 6.07) is 10.7. The fourth-order valence-electron chi connectivity index (χ4n) is 5.96. The average molecular weight is 797 g/mol. The molecule has 5 atom stereocenters. The van der Waals surface area contributed by atoms with Gasteiger partial charge in [0.25, 0.3) is 17.7 Å². The highest BCUT2D eigenvalue weighted by Crippen LogP contribution is 2.32. The topological polar surface area (TPSA) is 291 Å². The van der Waals surface area contributed by atoms with Crippen molar-refractivity contribution in [1.29, 1.82) is 0 Å². The van der Waals surface area contributed by atoms with Gasteiger partial charge in [-0.05, 0) is 42.4 Å². The summed E-state index contributed by atoms with van der Waals surface area (Å²) in [5.74, 6) is -10.1. The first-order valence-electron chi connectivity index (χ1n) is 18.0. The third kappa shape index (κ3) is 12.5. The van der Waals surface area contributed by atoms with Crippen LogP contribution in [0, 0.1) is 5.92 Å². The van der Waals surface area contributed by atoms with Gasteiger partial charge in [0.15, 0.2) is 12.2 Å². The first kappa shape index (κ1) is 43.2. The second-order valence-corrected chi connectivity index (χ2v) is 13.6. The minimum Gasteiger partial charge on any atom is -0.481 e. The van der Waals surface area contributed by atoms with E-state index in [2.05, 4.69) is 21.4 Å². The van der Waals surface area contributed by atoms with E-state index in [1.54, 1.807) is 42.5 Å². The van der Waals surface area contributed by atoms with Crippen LogP contribution in [0.15, 0.2) is 54.6 Å². The number of aryl methyl sites for hydroxylation is 1. The Morgan fingerprint density at radius 2 is 1.47 bits per heavy atom. The van der Waals surface area contributed by atoms with Gasteiger partial charge in [0.2, 0.25) is 11.8 Å². The molecule has 0 bridgehead atoms. The zero-order valence-corrected chi connectivity index (χ0v) is 31.0. The summed E-state index contributed by atoms with van der Waals surface area (Å²) >= 11 is 0. The predicted molar refractivity (Wildman–Crippen MR) is 195 cm³/mol. The van der Waals surface area contributed by atoms with Crippen molar-refractivity contribution in [3.63, 3.8) is 0 Å². The van der Waals surface area contributed by atoms with Crippen LogP contribution in [0.5, 0.6) is 0 Å². The molecule has 2 aromatic carbocycles.